The monoisotopic (exact) mass is 866 g/mol. The third kappa shape index (κ3) is 21.4. The number of halogens is 1. The van der Waals surface area contributed by atoms with E-state index in [0.717, 1.165) is 110 Å². The molecule has 4 aromatic carbocycles. The molecule has 0 aromatic heterocycles. The van der Waals surface area contributed by atoms with Gasteiger partial charge < -0.3 is 19.6 Å². The van der Waals surface area contributed by atoms with E-state index in [0.29, 0.717) is 25.7 Å². The standard InChI is InChI=1S/2C25H30N6.ClH/c2*1-30(18-3-14-26)24-10-6-22(7-11-24)20-28-16-5-17-29-21-23-8-12-25(13-9-23)31(2)19-4-15-27;/h2*6-13,20-21H,3-5,16-19H2,1-2H3;1H/p+2. The van der Waals surface area contributed by atoms with Gasteiger partial charge in [-0.1, -0.05) is 24.3 Å². The number of benzene rings is 4. The van der Waals surface area contributed by atoms with Crippen molar-refractivity contribution in [3.63, 3.8) is 0 Å². The topological polar surface area (TPSA) is 161 Å². The van der Waals surface area contributed by atoms with Gasteiger partial charge in [-0.25, -0.2) is 9.98 Å². The van der Waals surface area contributed by atoms with Crippen molar-refractivity contribution in [2.75, 3.05) is 100 Å². The summed E-state index contributed by atoms with van der Waals surface area (Å²) in [7, 11) is 7.99. The number of anilines is 4. The molecule has 0 heterocycles. The van der Waals surface area contributed by atoms with E-state index in [1.165, 1.54) is 0 Å². The Morgan fingerprint density at radius 2 is 0.698 bits per heavy atom. The third-order valence-electron chi connectivity index (χ3n) is 9.81. The molecule has 0 aliphatic carbocycles. The number of nitrogens with zero attached hydrogens (tertiary/aromatic N) is 10. The van der Waals surface area contributed by atoms with Crippen LogP contribution in [0, 0.1) is 45.3 Å². The van der Waals surface area contributed by atoms with Crippen molar-refractivity contribution in [3.05, 3.63) is 119 Å². The Kier molecular flexibility index (Phi) is 26.3. The molecular weight excluding hydrogens is 804 g/mol. The van der Waals surface area contributed by atoms with Gasteiger partial charge in [0.25, 0.3) is 0 Å². The van der Waals surface area contributed by atoms with E-state index in [1.807, 2.05) is 77.3 Å². The van der Waals surface area contributed by atoms with Crippen LogP contribution in [-0.2, 0) is 0 Å². The maximum Gasteiger partial charge on any atom is 0.169 e. The maximum absolute atomic E-state index is 8.68. The zero-order valence-corrected chi connectivity index (χ0v) is 38.1. The summed E-state index contributed by atoms with van der Waals surface area (Å²) in [4.78, 5) is 24.0. The number of hydrogen-bond acceptors (Lipinski definition) is 10. The van der Waals surface area contributed by atoms with Crippen LogP contribution in [-0.4, -0.2) is 105 Å². The van der Waals surface area contributed by atoms with E-state index in [-0.39, 0.29) is 12.4 Å². The van der Waals surface area contributed by atoms with Gasteiger partial charge >= 0.3 is 0 Å². The lowest BCUT2D eigenvalue weighted by Gasteiger charge is -2.17. The van der Waals surface area contributed by atoms with Crippen molar-refractivity contribution in [2.45, 2.75) is 38.5 Å². The Bertz CT molecular complexity index is 1840. The molecule has 12 nitrogen and oxygen atoms in total. The fourth-order valence-corrected chi connectivity index (χ4v) is 5.93. The first-order valence-corrected chi connectivity index (χ1v) is 21.1. The van der Waals surface area contributed by atoms with E-state index in [2.05, 4.69) is 137 Å². The summed E-state index contributed by atoms with van der Waals surface area (Å²) < 4.78 is 0. The van der Waals surface area contributed by atoms with Crippen LogP contribution in [0.2, 0.25) is 0 Å². The first-order chi connectivity index (χ1) is 30.3. The van der Waals surface area contributed by atoms with E-state index >= 15 is 0 Å². The minimum absolute atomic E-state index is 0. The molecule has 0 saturated heterocycles. The van der Waals surface area contributed by atoms with Gasteiger partial charge in [0, 0.05) is 114 Å². The van der Waals surface area contributed by atoms with Crippen molar-refractivity contribution >= 4 is 60.0 Å². The summed E-state index contributed by atoms with van der Waals surface area (Å²) in [5.41, 5.74) is 8.85. The Morgan fingerprint density at radius 3 is 0.968 bits per heavy atom. The molecule has 13 heteroatoms. The largest absolute Gasteiger partial charge is 0.374 e. The number of nitrogens with one attached hydrogen (secondary N) is 2. The van der Waals surface area contributed by atoms with Crippen LogP contribution >= 0.6 is 12.4 Å². The Hall–Kier alpha value is -6.99. The molecule has 0 aliphatic rings. The van der Waals surface area contributed by atoms with E-state index in [1.54, 1.807) is 0 Å². The highest BCUT2D eigenvalue weighted by Gasteiger charge is 2.04. The summed E-state index contributed by atoms with van der Waals surface area (Å²) in [6.45, 7) is 6.22. The first kappa shape index (κ1) is 52.1. The molecule has 0 spiro atoms. The molecule has 0 saturated carbocycles. The molecule has 0 aliphatic heterocycles. The average Bonchev–Trinajstić information content (AvgIpc) is 3.31. The highest BCUT2D eigenvalue weighted by Crippen LogP contribution is 2.16. The van der Waals surface area contributed by atoms with E-state index in [4.69, 9.17) is 21.0 Å². The van der Waals surface area contributed by atoms with Gasteiger partial charge in [-0.15, -0.1) is 12.4 Å². The second kappa shape index (κ2) is 31.8. The van der Waals surface area contributed by atoms with Crippen LogP contribution in [0.4, 0.5) is 22.7 Å². The average molecular weight is 868 g/mol. The lowest BCUT2D eigenvalue weighted by molar-refractivity contribution is -0.484. The molecule has 4 aromatic rings. The Labute approximate surface area is 381 Å². The van der Waals surface area contributed by atoms with E-state index in [9.17, 15) is 0 Å². The zero-order chi connectivity index (χ0) is 44.6. The van der Waals surface area contributed by atoms with Gasteiger partial charge in [0.05, 0.1) is 56.4 Å². The van der Waals surface area contributed by atoms with Gasteiger partial charge in [0.2, 0.25) is 0 Å². The minimum Gasteiger partial charge on any atom is -0.374 e. The quantitative estimate of drug-likeness (QED) is 0.0718. The van der Waals surface area contributed by atoms with Crippen molar-refractivity contribution in [1.82, 2.24) is 0 Å². The van der Waals surface area contributed by atoms with Gasteiger partial charge in [-0.05, 0) is 90.3 Å². The molecule has 0 amide bonds. The number of hydrogen-bond donors (Lipinski definition) is 2. The molecule has 63 heavy (non-hydrogen) atoms. The molecule has 0 atom stereocenters. The summed E-state index contributed by atoms with van der Waals surface area (Å²) >= 11 is 0. The van der Waals surface area contributed by atoms with Gasteiger partial charge in [-0.2, -0.15) is 21.0 Å². The second-order valence-electron chi connectivity index (χ2n) is 14.7. The van der Waals surface area contributed by atoms with Gasteiger partial charge in [0.15, 0.2) is 12.4 Å². The SMILES string of the molecule is CN(CCC#N)c1ccc(C=NCCCN=Cc2ccc(N(C)CCC#N)cc2)cc1.CN(CCC#N)c1ccc(C=[NH+]CCC[NH+]=Cc2ccc(N(C)CCC#N)cc2)cc1.Cl. The fourth-order valence-electron chi connectivity index (χ4n) is 5.93. The summed E-state index contributed by atoms with van der Waals surface area (Å²) in [6.07, 6.45) is 11.9. The fraction of sp³-hybridized carbons (Fsp3) is 0.360. The van der Waals surface area contributed by atoms with Crippen LogP contribution in [0.3, 0.4) is 0 Å². The van der Waals surface area contributed by atoms with Crippen molar-refractivity contribution in [3.8, 4) is 24.3 Å². The summed E-state index contributed by atoms with van der Waals surface area (Å²) in [5.74, 6) is 0. The Morgan fingerprint density at radius 1 is 0.429 bits per heavy atom. The van der Waals surface area contributed by atoms with Gasteiger partial charge in [0.1, 0.15) is 13.1 Å². The maximum atomic E-state index is 8.68. The molecule has 0 fully saturated rings. The van der Waals surface area contributed by atoms with Crippen LogP contribution in [0.1, 0.15) is 60.8 Å². The Balaban J connectivity index is 0.000000427. The lowest BCUT2D eigenvalue weighted by Crippen LogP contribution is -2.74. The summed E-state index contributed by atoms with van der Waals surface area (Å²) in [6, 6.07) is 41.7. The predicted octanol–water partition coefficient (Wildman–Crippen LogP) is 5.21. The lowest BCUT2D eigenvalue weighted by atomic mass is 10.2. The molecule has 4 rings (SSSR count). The zero-order valence-electron chi connectivity index (χ0n) is 37.3. The number of rotatable bonds is 24. The van der Waals surface area contributed by atoms with E-state index < -0.39 is 0 Å². The first-order valence-electron chi connectivity index (χ1n) is 21.1. The molecule has 0 bridgehead atoms. The number of nitriles is 4. The highest BCUT2D eigenvalue weighted by molar-refractivity contribution is 5.85. The van der Waals surface area contributed by atoms with Crippen molar-refractivity contribution < 1.29 is 9.98 Å². The molecule has 2 N–H and O–H groups in total. The van der Waals surface area contributed by atoms with Crippen LogP contribution in [0.5, 0.6) is 0 Å². The van der Waals surface area contributed by atoms with Gasteiger partial charge in [-0.3, -0.25) is 9.98 Å². The predicted molar refractivity (Wildman–Crippen MR) is 263 cm³/mol. The van der Waals surface area contributed by atoms with Crippen molar-refractivity contribution in [1.29, 1.82) is 21.0 Å². The van der Waals surface area contributed by atoms with Crippen LogP contribution < -0.4 is 29.6 Å². The van der Waals surface area contributed by atoms with Crippen molar-refractivity contribution in [2.24, 2.45) is 9.98 Å². The third-order valence-corrected chi connectivity index (χ3v) is 9.81. The normalized spacial score (nSPS) is 10.7. The highest BCUT2D eigenvalue weighted by atomic mass is 35.5. The molecule has 0 radical (unpaired) electrons. The summed E-state index contributed by atoms with van der Waals surface area (Å²) in [5, 5.41) is 34.7. The van der Waals surface area contributed by atoms with Crippen LogP contribution in [0.15, 0.2) is 107 Å². The second-order valence-corrected chi connectivity index (χ2v) is 14.7. The smallest absolute Gasteiger partial charge is 0.169 e. The molecule has 328 valence electrons. The minimum atomic E-state index is 0. The number of aliphatic imine (C=N–C) groups is 2. The molecular formula is C50H63ClN12+2. The van der Waals surface area contributed by atoms with Crippen LogP contribution in [0.25, 0.3) is 0 Å². The molecule has 0 unspecified atom stereocenters.